The summed E-state index contributed by atoms with van der Waals surface area (Å²) in [6.45, 7) is 0. The second-order valence-corrected chi connectivity index (χ2v) is 3.75. The van der Waals surface area contributed by atoms with Gasteiger partial charge in [-0.1, -0.05) is 31.8 Å². The van der Waals surface area contributed by atoms with Crippen LogP contribution in [0.25, 0.3) is 0 Å². The van der Waals surface area contributed by atoms with E-state index in [-0.39, 0.29) is 0 Å². The standard InChI is InChI=1S/C10H15/c1-2-4-7-10(6-3-1)8-5-9-10/h5H,1-4,6-8H2. The molecule has 0 bridgehead atoms. The predicted molar refractivity (Wildman–Crippen MR) is 42.6 cm³/mol. The van der Waals surface area contributed by atoms with Crippen molar-refractivity contribution in [2.45, 2.75) is 44.9 Å². The summed E-state index contributed by atoms with van der Waals surface area (Å²) in [6, 6.07) is 0. The molecule has 1 radical (unpaired) electrons. The zero-order chi connectivity index (χ0) is 6.86. The molecule has 0 unspecified atom stereocenters. The van der Waals surface area contributed by atoms with Crippen LogP contribution < -0.4 is 0 Å². The Kier molecular flexibility index (Phi) is 1.55. The number of rotatable bonds is 0. The second kappa shape index (κ2) is 2.41. The Morgan fingerprint density at radius 2 is 1.60 bits per heavy atom. The maximum atomic E-state index is 3.48. The molecular weight excluding hydrogens is 120 g/mol. The summed E-state index contributed by atoms with van der Waals surface area (Å²) in [4.78, 5) is 0. The van der Waals surface area contributed by atoms with Crippen LogP contribution in [0.15, 0.2) is 6.08 Å². The Morgan fingerprint density at radius 1 is 1.00 bits per heavy atom. The van der Waals surface area contributed by atoms with Crippen molar-refractivity contribution in [3.05, 3.63) is 12.2 Å². The summed E-state index contributed by atoms with van der Waals surface area (Å²) < 4.78 is 0. The minimum Gasteiger partial charge on any atom is -0.0796 e. The molecule has 0 heteroatoms. The van der Waals surface area contributed by atoms with Gasteiger partial charge < -0.3 is 0 Å². The van der Waals surface area contributed by atoms with Crippen LogP contribution in [0.4, 0.5) is 0 Å². The average Bonchev–Trinajstić information content (AvgIpc) is 2.08. The molecular formula is C10H15. The SMILES string of the molecule is [C]1=CCC12CCCCCC2. The fourth-order valence-corrected chi connectivity index (χ4v) is 2.14. The Morgan fingerprint density at radius 3 is 2.00 bits per heavy atom. The largest absolute Gasteiger partial charge is 0.0796 e. The van der Waals surface area contributed by atoms with Gasteiger partial charge in [0.2, 0.25) is 0 Å². The highest BCUT2D eigenvalue weighted by atomic mass is 14.4. The molecule has 0 aromatic heterocycles. The molecule has 0 saturated heterocycles. The smallest absolute Gasteiger partial charge is 0.00127 e. The quantitative estimate of drug-likeness (QED) is 0.479. The Hall–Kier alpha value is -0.260. The molecule has 0 atom stereocenters. The molecule has 0 aromatic carbocycles. The first-order valence-corrected chi connectivity index (χ1v) is 4.51. The first-order valence-electron chi connectivity index (χ1n) is 4.51. The normalized spacial score (nSPS) is 29.6. The predicted octanol–water partition coefficient (Wildman–Crippen LogP) is 3.09. The van der Waals surface area contributed by atoms with E-state index in [4.69, 9.17) is 0 Å². The van der Waals surface area contributed by atoms with Gasteiger partial charge in [-0.15, -0.1) is 0 Å². The zero-order valence-electron chi connectivity index (χ0n) is 6.53. The summed E-state index contributed by atoms with van der Waals surface area (Å²) in [5, 5.41) is 0. The molecule has 2 rings (SSSR count). The molecule has 2 aliphatic carbocycles. The van der Waals surface area contributed by atoms with E-state index in [1.54, 1.807) is 0 Å². The first kappa shape index (κ1) is 6.45. The van der Waals surface area contributed by atoms with Crippen molar-refractivity contribution in [3.8, 4) is 0 Å². The number of allylic oxidation sites excluding steroid dienone is 2. The van der Waals surface area contributed by atoms with Gasteiger partial charge >= 0.3 is 0 Å². The maximum absolute atomic E-state index is 3.48. The molecule has 1 saturated carbocycles. The van der Waals surface area contributed by atoms with Crippen LogP contribution in [0.3, 0.4) is 0 Å². The molecule has 1 fully saturated rings. The van der Waals surface area contributed by atoms with Gasteiger partial charge in [-0.05, 0) is 30.8 Å². The van der Waals surface area contributed by atoms with Crippen molar-refractivity contribution in [1.29, 1.82) is 0 Å². The Bertz CT molecular complexity index is 136. The highest BCUT2D eigenvalue weighted by Gasteiger charge is 2.31. The van der Waals surface area contributed by atoms with Crippen LogP contribution in [0.2, 0.25) is 0 Å². The van der Waals surface area contributed by atoms with Crippen LogP contribution >= 0.6 is 0 Å². The van der Waals surface area contributed by atoms with Crippen molar-refractivity contribution in [3.63, 3.8) is 0 Å². The maximum Gasteiger partial charge on any atom is -0.00127 e. The molecule has 0 nitrogen and oxygen atoms in total. The summed E-state index contributed by atoms with van der Waals surface area (Å²) in [6.07, 6.45) is 15.7. The lowest BCUT2D eigenvalue weighted by Gasteiger charge is -2.33. The van der Waals surface area contributed by atoms with Gasteiger partial charge in [0.1, 0.15) is 0 Å². The van der Waals surface area contributed by atoms with Crippen molar-refractivity contribution in [2.24, 2.45) is 5.41 Å². The van der Waals surface area contributed by atoms with Crippen LogP contribution in [-0.4, -0.2) is 0 Å². The lowest BCUT2D eigenvalue weighted by Crippen LogP contribution is -2.22. The van der Waals surface area contributed by atoms with Crippen molar-refractivity contribution < 1.29 is 0 Å². The van der Waals surface area contributed by atoms with E-state index in [1.165, 1.54) is 44.9 Å². The fourth-order valence-electron chi connectivity index (χ4n) is 2.14. The van der Waals surface area contributed by atoms with Gasteiger partial charge in [0.05, 0.1) is 0 Å². The van der Waals surface area contributed by atoms with Crippen molar-refractivity contribution >= 4 is 0 Å². The molecule has 0 heterocycles. The molecule has 0 aliphatic heterocycles. The fraction of sp³-hybridized carbons (Fsp3) is 0.800. The lowest BCUT2D eigenvalue weighted by atomic mass is 9.71. The molecule has 55 valence electrons. The molecule has 10 heavy (non-hydrogen) atoms. The summed E-state index contributed by atoms with van der Waals surface area (Å²) in [7, 11) is 0. The van der Waals surface area contributed by atoms with E-state index in [0.717, 1.165) is 0 Å². The second-order valence-electron chi connectivity index (χ2n) is 3.75. The van der Waals surface area contributed by atoms with Gasteiger partial charge in [-0.25, -0.2) is 0 Å². The summed E-state index contributed by atoms with van der Waals surface area (Å²) in [5.74, 6) is 0. The van der Waals surface area contributed by atoms with E-state index in [1.807, 2.05) is 0 Å². The van der Waals surface area contributed by atoms with Crippen LogP contribution in [0, 0.1) is 11.5 Å². The highest BCUT2D eigenvalue weighted by Crippen LogP contribution is 2.44. The molecule has 1 spiro atoms. The monoisotopic (exact) mass is 135 g/mol. The Balaban J connectivity index is 2.00. The topological polar surface area (TPSA) is 0 Å². The van der Waals surface area contributed by atoms with E-state index < -0.39 is 0 Å². The molecule has 0 N–H and O–H groups in total. The van der Waals surface area contributed by atoms with E-state index in [2.05, 4.69) is 12.2 Å². The van der Waals surface area contributed by atoms with Gasteiger partial charge in [0.25, 0.3) is 0 Å². The third-order valence-corrected chi connectivity index (χ3v) is 2.96. The lowest BCUT2D eigenvalue weighted by molar-refractivity contribution is 0.285. The van der Waals surface area contributed by atoms with Crippen LogP contribution in [0.1, 0.15) is 44.9 Å². The third-order valence-electron chi connectivity index (χ3n) is 2.96. The molecule has 2 aliphatic rings. The number of hydrogen-bond donors (Lipinski definition) is 0. The molecule has 0 amide bonds. The van der Waals surface area contributed by atoms with Crippen molar-refractivity contribution in [1.82, 2.24) is 0 Å². The van der Waals surface area contributed by atoms with E-state index in [9.17, 15) is 0 Å². The van der Waals surface area contributed by atoms with Gasteiger partial charge in [-0.3, -0.25) is 0 Å². The average molecular weight is 135 g/mol. The van der Waals surface area contributed by atoms with E-state index >= 15 is 0 Å². The minimum atomic E-state index is 0.580. The summed E-state index contributed by atoms with van der Waals surface area (Å²) in [5.41, 5.74) is 0.580. The van der Waals surface area contributed by atoms with Crippen LogP contribution in [-0.2, 0) is 0 Å². The third kappa shape index (κ3) is 1.00. The highest BCUT2D eigenvalue weighted by molar-refractivity contribution is 5.06. The first-order chi connectivity index (χ1) is 4.91. The van der Waals surface area contributed by atoms with Gasteiger partial charge in [-0.2, -0.15) is 0 Å². The molecule has 0 aromatic rings. The number of hydrogen-bond acceptors (Lipinski definition) is 0. The van der Waals surface area contributed by atoms with Gasteiger partial charge in [0.15, 0.2) is 0 Å². The zero-order valence-corrected chi connectivity index (χ0v) is 6.53. The van der Waals surface area contributed by atoms with E-state index in [0.29, 0.717) is 5.41 Å². The van der Waals surface area contributed by atoms with Crippen LogP contribution in [0.5, 0.6) is 0 Å². The Labute approximate surface area is 63.3 Å². The van der Waals surface area contributed by atoms with Crippen molar-refractivity contribution in [2.75, 3.05) is 0 Å². The minimum absolute atomic E-state index is 0.580. The van der Waals surface area contributed by atoms with Gasteiger partial charge in [0, 0.05) is 0 Å². The summed E-state index contributed by atoms with van der Waals surface area (Å²) >= 11 is 0.